The number of aryl methyl sites for hydroxylation is 1. The Morgan fingerprint density at radius 2 is 1.94 bits per heavy atom. The molecule has 0 aliphatic heterocycles. The van der Waals surface area contributed by atoms with Gasteiger partial charge in [-0.3, -0.25) is 4.57 Å². The lowest BCUT2D eigenvalue weighted by atomic mass is 10.2. The van der Waals surface area contributed by atoms with Crippen LogP contribution in [-0.2, 0) is 25.1 Å². The minimum Gasteiger partial charge on any atom is -0.356 e. The van der Waals surface area contributed by atoms with Crippen LogP contribution in [0.5, 0.6) is 0 Å². The van der Waals surface area contributed by atoms with E-state index in [-0.39, 0.29) is 12.4 Å². The van der Waals surface area contributed by atoms with Gasteiger partial charge in [0.15, 0.2) is 0 Å². The summed E-state index contributed by atoms with van der Waals surface area (Å²) in [6, 6.07) is 9.88. The first kappa shape index (κ1) is 10.7. The largest absolute Gasteiger partial charge is 0.356 e. The van der Waals surface area contributed by atoms with E-state index in [2.05, 4.69) is 0 Å². The second-order valence-electron chi connectivity index (χ2n) is 3.62. The predicted octanol–water partition coefficient (Wildman–Crippen LogP) is 1.36. The first-order valence-electron chi connectivity index (χ1n) is 5.11. The van der Waals surface area contributed by atoms with E-state index in [0.29, 0.717) is 6.61 Å². The third kappa shape index (κ3) is 2.41. The van der Waals surface area contributed by atoms with E-state index in [4.69, 9.17) is 4.74 Å². The second kappa shape index (κ2) is 4.81. The van der Waals surface area contributed by atoms with Crippen LogP contribution in [0.3, 0.4) is 0 Å². The van der Waals surface area contributed by atoms with E-state index in [1.165, 1.54) is 9.13 Å². The average Bonchev–Trinajstić information content (AvgIpc) is 2.62. The summed E-state index contributed by atoms with van der Waals surface area (Å²) in [5.74, 6) is 0. The normalized spacial score (nSPS) is 10.6. The maximum absolute atomic E-state index is 11.5. The number of hydrogen-bond donors (Lipinski definition) is 0. The molecule has 16 heavy (non-hydrogen) atoms. The van der Waals surface area contributed by atoms with Crippen LogP contribution in [0, 0.1) is 0 Å². The molecule has 4 heteroatoms. The van der Waals surface area contributed by atoms with Crippen molar-refractivity contribution < 1.29 is 4.74 Å². The summed E-state index contributed by atoms with van der Waals surface area (Å²) < 4.78 is 8.50. The molecule has 0 radical (unpaired) electrons. The van der Waals surface area contributed by atoms with Gasteiger partial charge in [0.05, 0.1) is 6.61 Å². The van der Waals surface area contributed by atoms with Crippen molar-refractivity contribution in [1.82, 2.24) is 9.13 Å². The maximum atomic E-state index is 11.5. The van der Waals surface area contributed by atoms with Crippen LogP contribution < -0.4 is 5.69 Å². The maximum Gasteiger partial charge on any atom is 0.329 e. The van der Waals surface area contributed by atoms with Gasteiger partial charge in [-0.2, -0.15) is 0 Å². The van der Waals surface area contributed by atoms with E-state index in [9.17, 15) is 4.79 Å². The Morgan fingerprint density at radius 3 is 2.56 bits per heavy atom. The molecule has 2 aromatic rings. The molecule has 0 unspecified atom stereocenters. The number of aromatic nitrogens is 2. The molecule has 1 heterocycles. The van der Waals surface area contributed by atoms with Gasteiger partial charge in [0.2, 0.25) is 0 Å². The summed E-state index contributed by atoms with van der Waals surface area (Å²) in [6.07, 6.45) is 3.43. The van der Waals surface area contributed by atoms with Gasteiger partial charge in [-0.1, -0.05) is 30.3 Å². The van der Waals surface area contributed by atoms with Gasteiger partial charge in [-0.25, -0.2) is 4.79 Å². The molecule has 0 atom stereocenters. The summed E-state index contributed by atoms with van der Waals surface area (Å²) in [4.78, 5) is 11.5. The Kier molecular flexibility index (Phi) is 3.22. The minimum absolute atomic E-state index is 0.0620. The summed E-state index contributed by atoms with van der Waals surface area (Å²) in [6.45, 7) is 0.802. The minimum atomic E-state index is -0.0620. The highest BCUT2D eigenvalue weighted by Gasteiger charge is 1.99. The second-order valence-corrected chi connectivity index (χ2v) is 3.62. The first-order valence-corrected chi connectivity index (χ1v) is 5.11. The van der Waals surface area contributed by atoms with Gasteiger partial charge in [-0.05, 0) is 5.56 Å². The number of rotatable bonds is 4. The number of hydrogen-bond acceptors (Lipinski definition) is 2. The molecular weight excluding hydrogens is 204 g/mol. The molecule has 0 spiro atoms. The number of nitrogens with zero attached hydrogens (tertiary/aromatic N) is 2. The molecule has 0 N–H and O–H groups in total. The zero-order chi connectivity index (χ0) is 11.4. The van der Waals surface area contributed by atoms with Gasteiger partial charge in [-0.15, -0.1) is 0 Å². The van der Waals surface area contributed by atoms with E-state index in [1.807, 2.05) is 30.3 Å². The fourth-order valence-corrected chi connectivity index (χ4v) is 1.44. The number of ether oxygens (including phenoxy) is 1. The molecule has 1 aromatic carbocycles. The van der Waals surface area contributed by atoms with Crippen molar-refractivity contribution in [1.29, 1.82) is 0 Å². The van der Waals surface area contributed by atoms with E-state index >= 15 is 0 Å². The molecule has 0 amide bonds. The lowest BCUT2D eigenvalue weighted by Gasteiger charge is -2.04. The fourth-order valence-electron chi connectivity index (χ4n) is 1.44. The van der Waals surface area contributed by atoms with Gasteiger partial charge >= 0.3 is 5.69 Å². The Balaban J connectivity index is 1.90. The average molecular weight is 218 g/mol. The first-order chi connectivity index (χ1) is 7.77. The van der Waals surface area contributed by atoms with Crippen molar-refractivity contribution in [2.24, 2.45) is 7.05 Å². The van der Waals surface area contributed by atoms with Crippen molar-refractivity contribution in [3.8, 4) is 0 Å². The Bertz CT molecular complexity index is 499. The Hall–Kier alpha value is -1.81. The zero-order valence-corrected chi connectivity index (χ0v) is 9.17. The summed E-state index contributed by atoms with van der Waals surface area (Å²) in [5.41, 5.74) is 1.04. The monoisotopic (exact) mass is 218 g/mol. The van der Waals surface area contributed by atoms with Crippen LogP contribution in [0.1, 0.15) is 5.56 Å². The highest BCUT2D eigenvalue weighted by Crippen LogP contribution is 2.00. The summed E-state index contributed by atoms with van der Waals surface area (Å²) in [7, 11) is 1.72. The van der Waals surface area contributed by atoms with Gasteiger partial charge in [0.25, 0.3) is 0 Å². The van der Waals surface area contributed by atoms with Crippen molar-refractivity contribution in [2.45, 2.75) is 13.3 Å². The zero-order valence-electron chi connectivity index (χ0n) is 9.17. The molecular formula is C12H14N2O2. The number of benzene rings is 1. The van der Waals surface area contributed by atoms with Crippen LogP contribution in [0.25, 0.3) is 0 Å². The number of imidazole rings is 1. The topological polar surface area (TPSA) is 36.2 Å². The third-order valence-electron chi connectivity index (χ3n) is 2.36. The fraction of sp³-hybridized carbons (Fsp3) is 0.250. The Labute approximate surface area is 93.7 Å². The quantitative estimate of drug-likeness (QED) is 0.777. The van der Waals surface area contributed by atoms with Crippen LogP contribution in [-0.4, -0.2) is 9.13 Å². The highest BCUT2D eigenvalue weighted by atomic mass is 16.5. The molecule has 0 fully saturated rings. The van der Waals surface area contributed by atoms with Crippen LogP contribution in [0.15, 0.2) is 47.5 Å². The summed E-state index contributed by atoms with van der Waals surface area (Å²) in [5, 5.41) is 0. The van der Waals surface area contributed by atoms with Crippen molar-refractivity contribution in [3.05, 3.63) is 58.8 Å². The lowest BCUT2D eigenvalue weighted by molar-refractivity contribution is 0.0616. The SMILES string of the molecule is Cn1ccn(COCc2ccccc2)c1=O. The molecule has 1 aromatic heterocycles. The third-order valence-corrected chi connectivity index (χ3v) is 2.36. The lowest BCUT2D eigenvalue weighted by Crippen LogP contribution is -2.22. The van der Waals surface area contributed by atoms with Gasteiger partial charge < -0.3 is 9.30 Å². The molecule has 0 saturated heterocycles. The van der Waals surface area contributed by atoms with Crippen LogP contribution in [0.4, 0.5) is 0 Å². The molecule has 4 nitrogen and oxygen atoms in total. The molecule has 84 valence electrons. The highest BCUT2D eigenvalue weighted by molar-refractivity contribution is 5.13. The van der Waals surface area contributed by atoms with Crippen molar-refractivity contribution in [2.75, 3.05) is 0 Å². The van der Waals surface area contributed by atoms with Crippen LogP contribution >= 0.6 is 0 Å². The molecule has 0 bridgehead atoms. The van der Waals surface area contributed by atoms with E-state index in [1.54, 1.807) is 19.4 Å². The standard InChI is InChI=1S/C12H14N2O2/c1-13-7-8-14(12(13)15)10-16-9-11-5-3-2-4-6-11/h2-8H,9-10H2,1H3. The molecule has 2 rings (SSSR count). The van der Waals surface area contributed by atoms with E-state index in [0.717, 1.165) is 5.56 Å². The Morgan fingerprint density at radius 1 is 1.19 bits per heavy atom. The van der Waals surface area contributed by atoms with Gasteiger partial charge in [0, 0.05) is 19.4 Å². The molecule has 0 aliphatic carbocycles. The van der Waals surface area contributed by atoms with Crippen molar-refractivity contribution >= 4 is 0 Å². The smallest absolute Gasteiger partial charge is 0.329 e. The van der Waals surface area contributed by atoms with Gasteiger partial charge in [0.1, 0.15) is 6.73 Å². The van der Waals surface area contributed by atoms with E-state index < -0.39 is 0 Å². The molecule has 0 aliphatic rings. The van der Waals surface area contributed by atoms with Crippen molar-refractivity contribution in [3.63, 3.8) is 0 Å². The van der Waals surface area contributed by atoms with Crippen LogP contribution in [0.2, 0.25) is 0 Å². The predicted molar refractivity (Wildman–Crippen MR) is 60.9 cm³/mol. The summed E-state index contributed by atoms with van der Waals surface area (Å²) >= 11 is 0. The molecule has 0 saturated carbocycles.